The predicted octanol–water partition coefficient (Wildman–Crippen LogP) is 2.53. The number of ether oxygens (including phenoxy) is 1. The summed E-state index contributed by atoms with van der Waals surface area (Å²) < 4.78 is 18.1. The van der Waals surface area contributed by atoms with Crippen molar-refractivity contribution in [1.29, 1.82) is 0 Å². The van der Waals surface area contributed by atoms with Crippen LogP contribution in [0.2, 0.25) is 0 Å². The second-order valence-electron chi connectivity index (χ2n) is 6.15. The molecule has 2 atom stereocenters. The van der Waals surface area contributed by atoms with E-state index in [1.54, 1.807) is 18.2 Å². The summed E-state index contributed by atoms with van der Waals surface area (Å²) in [6, 6.07) is 10.6. The van der Waals surface area contributed by atoms with Crippen LogP contribution in [-0.2, 0) is 0 Å². The molecule has 1 amide bonds. The number of aliphatic hydroxyl groups is 1. The first-order valence-corrected chi connectivity index (χ1v) is 8.09. The van der Waals surface area contributed by atoms with E-state index >= 15 is 0 Å². The predicted molar refractivity (Wildman–Crippen MR) is 90.3 cm³/mol. The van der Waals surface area contributed by atoms with Gasteiger partial charge in [-0.15, -0.1) is 0 Å². The maximum absolute atomic E-state index is 13.1. The summed E-state index contributed by atoms with van der Waals surface area (Å²) in [6.45, 7) is 0.607. The number of likely N-dealkylation sites (tertiary alicyclic amines) is 1. The van der Waals surface area contributed by atoms with Crippen molar-refractivity contribution in [3.63, 3.8) is 0 Å². The van der Waals surface area contributed by atoms with Gasteiger partial charge in [-0.05, 0) is 36.2 Å². The summed E-state index contributed by atoms with van der Waals surface area (Å²) in [5, 5.41) is 20.5. The fourth-order valence-electron chi connectivity index (χ4n) is 3.20. The number of nitrogens with zero attached hydrogens (tertiary/aromatic N) is 1. The molecule has 0 bridgehead atoms. The molecule has 0 saturated carbocycles. The minimum Gasteiger partial charge on any atom is -0.507 e. The molecule has 0 unspecified atom stereocenters. The zero-order valence-electron chi connectivity index (χ0n) is 13.9. The van der Waals surface area contributed by atoms with Crippen LogP contribution in [0.1, 0.15) is 28.3 Å². The van der Waals surface area contributed by atoms with Crippen LogP contribution in [0.4, 0.5) is 4.39 Å². The number of phenolic OH excluding ortho intramolecular Hbond substituents is 1. The highest BCUT2D eigenvalue weighted by Crippen LogP contribution is 2.31. The van der Waals surface area contributed by atoms with Gasteiger partial charge in [0.2, 0.25) is 0 Å². The third kappa shape index (κ3) is 3.58. The molecule has 1 aliphatic heterocycles. The van der Waals surface area contributed by atoms with E-state index in [4.69, 9.17) is 4.74 Å². The number of hydrogen-bond donors (Lipinski definition) is 2. The Labute approximate surface area is 145 Å². The third-order valence-electron chi connectivity index (χ3n) is 4.60. The topological polar surface area (TPSA) is 70.0 Å². The molecule has 1 aliphatic rings. The smallest absolute Gasteiger partial charge is 0.257 e. The van der Waals surface area contributed by atoms with Crippen LogP contribution >= 0.6 is 0 Å². The van der Waals surface area contributed by atoms with E-state index in [0.717, 1.165) is 5.56 Å². The van der Waals surface area contributed by atoms with Crippen LogP contribution in [0.3, 0.4) is 0 Å². The van der Waals surface area contributed by atoms with Crippen molar-refractivity contribution in [2.45, 2.75) is 18.4 Å². The van der Waals surface area contributed by atoms with E-state index < -0.39 is 6.10 Å². The molecule has 1 fully saturated rings. The van der Waals surface area contributed by atoms with Gasteiger partial charge >= 0.3 is 0 Å². The monoisotopic (exact) mass is 345 g/mol. The highest BCUT2D eigenvalue weighted by atomic mass is 19.1. The van der Waals surface area contributed by atoms with Crippen LogP contribution in [0.25, 0.3) is 0 Å². The van der Waals surface area contributed by atoms with Gasteiger partial charge in [0.1, 0.15) is 17.3 Å². The molecule has 1 saturated heterocycles. The largest absolute Gasteiger partial charge is 0.507 e. The molecule has 5 nitrogen and oxygen atoms in total. The van der Waals surface area contributed by atoms with Crippen molar-refractivity contribution in [2.24, 2.45) is 0 Å². The van der Waals surface area contributed by atoms with Gasteiger partial charge in [0.25, 0.3) is 5.91 Å². The molecule has 132 valence electrons. The summed E-state index contributed by atoms with van der Waals surface area (Å²) >= 11 is 0. The lowest BCUT2D eigenvalue weighted by molar-refractivity contribution is 0.0380. The Hall–Kier alpha value is -2.60. The first kappa shape index (κ1) is 17.2. The van der Waals surface area contributed by atoms with Crippen molar-refractivity contribution < 1.29 is 24.1 Å². The Morgan fingerprint density at radius 1 is 1.24 bits per heavy atom. The van der Waals surface area contributed by atoms with E-state index in [1.165, 1.54) is 36.3 Å². The van der Waals surface area contributed by atoms with Gasteiger partial charge < -0.3 is 19.8 Å². The zero-order valence-corrected chi connectivity index (χ0v) is 13.9. The molecular formula is C19H20FNO4. The first-order valence-electron chi connectivity index (χ1n) is 8.09. The van der Waals surface area contributed by atoms with Gasteiger partial charge in [-0.1, -0.05) is 12.1 Å². The molecule has 0 aliphatic carbocycles. The number of hydrogen-bond acceptors (Lipinski definition) is 4. The number of aliphatic hydroxyl groups excluding tert-OH is 1. The number of benzene rings is 2. The lowest BCUT2D eigenvalue weighted by Gasteiger charge is -2.36. The normalized spacial score (nSPS) is 20.4. The van der Waals surface area contributed by atoms with Gasteiger partial charge in [0, 0.05) is 25.1 Å². The number of phenols is 1. The summed E-state index contributed by atoms with van der Waals surface area (Å²) in [5.74, 6) is -0.490. The zero-order chi connectivity index (χ0) is 18.0. The summed E-state index contributed by atoms with van der Waals surface area (Å²) in [4.78, 5) is 14.1. The van der Waals surface area contributed by atoms with Gasteiger partial charge in [0.15, 0.2) is 0 Å². The van der Waals surface area contributed by atoms with E-state index in [0.29, 0.717) is 18.7 Å². The van der Waals surface area contributed by atoms with Crippen LogP contribution in [0, 0.1) is 5.82 Å². The Balaban J connectivity index is 1.72. The lowest BCUT2D eigenvalue weighted by atomic mass is 9.87. The van der Waals surface area contributed by atoms with Crippen molar-refractivity contribution in [2.75, 3.05) is 20.2 Å². The molecule has 0 radical (unpaired) electrons. The van der Waals surface area contributed by atoms with Crippen LogP contribution < -0.4 is 4.74 Å². The second-order valence-corrected chi connectivity index (χ2v) is 6.15. The molecule has 2 aromatic rings. The molecule has 0 spiro atoms. The average Bonchev–Trinajstić information content (AvgIpc) is 2.62. The molecule has 6 heteroatoms. The number of aromatic hydroxyl groups is 1. The van der Waals surface area contributed by atoms with Crippen LogP contribution in [-0.4, -0.2) is 47.3 Å². The van der Waals surface area contributed by atoms with E-state index in [-0.39, 0.29) is 35.5 Å². The van der Waals surface area contributed by atoms with Gasteiger partial charge in [-0.2, -0.15) is 0 Å². The van der Waals surface area contributed by atoms with Crippen LogP contribution in [0.15, 0.2) is 42.5 Å². The summed E-state index contributed by atoms with van der Waals surface area (Å²) in [7, 11) is 1.48. The van der Waals surface area contributed by atoms with Gasteiger partial charge in [0.05, 0.1) is 18.8 Å². The highest BCUT2D eigenvalue weighted by Gasteiger charge is 2.32. The van der Waals surface area contributed by atoms with Gasteiger partial charge in [-0.3, -0.25) is 4.79 Å². The Kier molecular flexibility index (Phi) is 4.90. The number of β-amino-alcohol motifs (C(OH)–C–C–N with tert-alkyl or cyclic N) is 1. The Bertz CT molecular complexity index is 763. The Morgan fingerprint density at radius 2 is 1.96 bits per heavy atom. The number of halogens is 1. The molecule has 1 heterocycles. The molecule has 3 rings (SSSR count). The quantitative estimate of drug-likeness (QED) is 0.897. The molecule has 0 aromatic heterocycles. The van der Waals surface area contributed by atoms with Crippen molar-refractivity contribution in [3.05, 3.63) is 59.4 Å². The van der Waals surface area contributed by atoms with E-state index in [2.05, 4.69) is 0 Å². The Morgan fingerprint density at radius 3 is 2.56 bits per heavy atom. The minimum atomic E-state index is -0.747. The van der Waals surface area contributed by atoms with Crippen molar-refractivity contribution in [1.82, 2.24) is 4.90 Å². The standard InChI is InChI=1S/C19H20FNO4/c1-25-14-6-7-16(17(22)10-14)19(24)21-9-8-15(18(23)11-21)12-2-4-13(20)5-3-12/h2-7,10,15,18,22-23H,8-9,11H2,1H3/t15-,18+/m0/s1. The lowest BCUT2D eigenvalue weighted by Crippen LogP contribution is -2.45. The highest BCUT2D eigenvalue weighted by molar-refractivity contribution is 5.97. The van der Waals surface area contributed by atoms with E-state index in [1.807, 2.05) is 0 Å². The summed E-state index contributed by atoms with van der Waals surface area (Å²) in [6.07, 6.45) is -0.182. The minimum absolute atomic E-state index is 0.144. The van der Waals surface area contributed by atoms with Crippen LogP contribution in [0.5, 0.6) is 11.5 Å². The molecule has 2 aromatic carbocycles. The van der Waals surface area contributed by atoms with Crippen molar-refractivity contribution in [3.8, 4) is 11.5 Å². The average molecular weight is 345 g/mol. The molecule has 2 N–H and O–H groups in total. The molecule has 25 heavy (non-hydrogen) atoms. The fourth-order valence-corrected chi connectivity index (χ4v) is 3.20. The maximum atomic E-state index is 13.1. The fraction of sp³-hybridized carbons (Fsp3) is 0.316. The van der Waals surface area contributed by atoms with E-state index in [9.17, 15) is 19.4 Å². The van der Waals surface area contributed by atoms with Crippen molar-refractivity contribution >= 4 is 5.91 Å². The number of rotatable bonds is 3. The number of amides is 1. The summed E-state index contributed by atoms with van der Waals surface area (Å²) in [5.41, 5.74) is 1.03. The number of methoxy groups -OCH3 is 1. The third-order valence-corrected chi connectivity index (χ3v) is 4.60. The van der Waals surface area contributed by atoms with Gasteiger partial charge in [-0.25, -0.2) is 4.39 Å². The SMILES string of the molecule is COc1ccc(C(=O)N2CC[C@@H](c3ccc(F)cc3)[C@H](O)C2)c(O)c1. The maximum Gasteiger partial charge on any atom is 0.257 e. The number of carbonyl (C=O) groups excluding carboxylic acids is 1. The molecular weight excluding hydrogens is 325 g/mol. The first-order chi connectivity index (χ1) is 12.0. The second kappa shape index (κ2) is 7.11. The number of carbonyl (C=O) groups is 1. The number of piperidine rings is 1.